The van der Waals surface area contributed by atoms with Gasteiger partial charge in [0, 0.05) is 0 Å². The van der Waals surface area contributed by atoms with E-state index in [4.69, 9.17) is 0 Å². The lowest BCUT2D eigenvalue weighted by Gasteiger charge is -1.93. The van der Waals surface area contributed by atoms with Gasteiger partial charge in [0.15, 0.2) is 5.78 Å². The van der Waals surface area contributed by atoms with E-state index in [9.17, 15) is 13.6 Å². The Balaban J connectivity index is 4.00. The summed E-state index contributed by atoms with van der Waals surface area (Å²) < 4.78 is 23.1. The molecule has 0 saturated heterocycles. The average Bonchev–Trinajstić information content (AvgIpc) is 1.63. The Kier molecular flexibility index (Phi) is 3.06. The zero-order valence-electron chi connectivity index (χ0n) is 5.32. The predicted molar refractivity (Wildman–Crippen MR) is 30.4 cm³/mol. The van der Waals surface area contributed by atoms with Crippen LogP contribution in [0.1, 0.15) is 13.8 Å². The van der Waals surface area contributed by atoms with Crippen molar-refractivity contribution in [1.29, 1.82) is 0 Å². The Morgan fingerprint density at radius 1 is 1.44 bits per heavy atom. The van der Waals surface area contributed by atoms with Crippen LogP contribution < -0.4 is 0 Å². The largest absolute Gasteiger partial charge is 0.295 e. The molecule has 0 saturated carbocycles. The van der Waals surface area contributed by atoms with Crippen LogP contribution in [0.2, 0.25) is 0 Å². The second-order valence-electron chi connectivity index (χ2n) is 1.80. The van der Waals surface area contributed by atoms with Crippen LogP contribution in [0.25, 0.3) is 0 Å². The molecule has 9 heavy (non-hydrogen) atoms. The van der Waals surface area contributed by atoms with Gasteiger partial charge in [0.2, 0.25) is 0 Å². The molecular formula is C6H8F2O. The van der Waals surface area contributed by atoms with Crippen molar-refractivity contribution >= 4 is 5.78 Å². The number of halogens is 2. The van der Waals surface area contributed by atoms with Crippen LogP contribution in [0.4, 0.5) is 8.78 Å². The summed E-state index contributed by atoms with van der Waals surface area (Å²) in [5, 5.41) is 0. The van der Waals surface area contributed by atoms with Crippen molar-refractivity contribution in [2.75, 3.05) is 0 Å². The van der Waals surface area contributed by atoms with Gasteiger partial charge in [-0.1, -0.05) is 0 Å². The van der Waals surface area contributed by atoms with E-state index in [2.05, 4.69) is 0 Å². The van der Waals surface area contributed by atoms with Gasteiger partial charge in [0.25, 0.3) is 6.43 Å². The van der Waals surface area contributed by atoms with Crippen LogP contribution >= 0.6 is 0 Å². The van der Waals surface area contributed by atoms with E-state index in [-0.39, 0.29) is 11.4 Å². The van der Waals surface area contributed by atoms with Gasteiger partial charge in [0.1, 0.15) is 0 Å². The third kappa shape index (κ3) is 3.82. The second-order valence-corrected chi connectivity index (χ2v) is 1.80. The molecule has 0 amide bonds. The summed E-state index contributed by atoms with van der Waals surface area (Å²) in [6, 6.07) is 0. The summed E-state index contributed by atoms with van der Waals surface area (Å²) in [7, 11) is 0. The number of carbonyl (C=O) groups is 1. The first kappa shape index (κ1) is 8.27. The highest BCUT2D eigenvalue weighted by molar-refractivity contribution is 5.87. The number of ketones is 1. The Bertz CT molecular complexity index is 138. The van der Waals surface area contributed by atoms with Crippen molar-refractivity contribution in [2.24, 2.45) is 0 Å². The molecule has 52 valence electrons. The molecule has 0 unspecified atom stereocenters. The molecule has 1 nitrogen and oxygen atoms in total. The van der Waals surface area contributed by atoms with E-state index >= 15 is 0 Å². The molecule has 0 aromatic carbocycles. The molecule has 0 radical (unpaired) electrons. The van der Waals surface area contributed by atoms with Crippen molar-refractivity contribution in [3.05, 3.63) is 11.6 Å². The third-order valence-electron chi connectivity index (χ3n) is 0.775. The highest BCUT2D eigenvalue weighted by Gasteiger charge is 2.04. The Morgan fingerprint density at radius 3 is 2.00 bits per heavy atom. The fraction of sp³-hybridized carbons (Fsp3) is 0.500. The van der Waals surface area contributed by atoms with Crippen molar-refractivity contribution in [2.45, 2.75) is 20.3 Å². The molecule has 3 heteroatoms. The van der Waals surface area contributed by atoms with Crippen LogP contribution in [0.3, 0.4) is 0 Å². The average molecular weight is 134 g/mol. The normalized spacial score (nSPS) is 12.3. The minimum absolute atomic E-state index is 0.178. The van der Waals surface area contributed by atoms with E-state index in [1.165, 1.54) is 13.8 Å². The fourth-order valence-electron chi connectivity index (χ4n) is 0.384. The number of carbonyl (C=O) groups excluding carboxylic acids is 1. The smallest absolute Gasteiger partial charge is 0.260 e. The van der Waals surface area contributed by atoms with Gasteiger partial charge >= 0.3 is 0 Å². The van der Waals surface area contributed by atoms with E-state index < -0.39 is 6.43 Å². The summed E-state index contributed by atoms with van der Waals surface area (Å²) in [4.78, 5) is 10.1. The Labute approximate surface area is 52.4 Å². The molecule has 0 spiro atoms. The zero-order chi connectivity index (χ0) is 7.44. The van der Waals surface area contributed by atoms with Crippen molar-refractivity contribution < 1.29 is 13.6 Å². The fourth-order valence-corrected chi connectivity index (χ4v) is 0.384. The molecule has 0 aliphatic carbocycles. The number of hydrogen-bond donors (Lipinski definition) is 0. The van der Waals surface area contributed by atoms with E-state index in [1.54, 1.807) is 0 Å². The highest BCUT2D eigenvalue weighted by atomic mass is 19.3. The summed E-state index contributed by atoms with van der Waals surface area (Å²) >= 11 is 0. The van der Waals surface area contributed by atoms with Crippen molar-refractivity contribution in [3.63, 3.8) is 0 Å². The SMILES string of the molecule is CC(=O)/C=C(\C)C(F)F. The monoisotopic (exact) mass is 134 g/mol. The van der Waals surface area contributed by atoms with E-state index in [0.29, 0.717) is 0 Å². The molecule has 0 aromatic heterocycles. The standard InChI is InChI=1S/C6H8F2O/c1-4(6(7)8)3-5(2)9/h3,6H,1-2H3/b4-3+. The van der Waals surface area contributed by atoms with Crippen LogP contribution in [0.15, 0.2) is 11.6 Å². The summed E-state index contributed by atoms with van der Waals surface area (Å²) in [6.45, 7) is 2.47. The van der Waals surface area contributed by atoms with E-state index in [0.717, 1.165) is 6.08 Å². The summed E-state index contributed by atoms with van der Waals surface area (Å²) in [5.74, 6) is -0.340. The van der Waals surface area contributed by atoms with Gasteiger partial charge in [-0.3, -0.25) is 4.79 Å². The number of alkyl halides is 2. The summed E-state index contributed by atoms with van der Waals surface area (Å²) in [5.41, 5.74) is -0.178. The quantitative estimate of drug-likeness (QED) is 0.526. The number of allylic oxidation sites excluding steroid dienone is 2. The Morgan fingerprint density at radius 2 is 1.89 bits per heavy atom. The third-order valence-corrected chi connectivity index (χ3v) is 0.775. The Hall–Kier alpha value is -0.730. The maximum atomic E-state index is 11.6. The first-order valence-corrected chi connectivity index (χ1v) is 2.51. The molecule has 0 heterocycles. The van der Waals surface area contributed by atoms with Crippen LogP contribution in [-0.4, -0.2) is 12.2 Å². The van der Waals surface area contributed by atoms with Gasteiger partial charge in [-0.25, -0.2) is 8.78 Å². The maximum absolute atomic E-state index is 11.6. The molecule has 0 aliphatic heterocycles. The molecule has 0 atom stereocenters. The van der Waals surface area contributed by atoms with Gasteiger partial charge in [0.05, 0.1) is 0 Å². The summed E-state index contributed by atoms with van der Waals surface area (Å²) in [6.07, 6.45) is -1.57. The van der Waals surface area contributed by atoms with Gasteiger partial charge in [-0.2, -0.15) is 0 Å². The molecule has 0 rings (SSSR count). The molecule has 0 aliphatic rings. The van der Waals surface area contributed by atoms with Gasteiger partial charge in [-0.05, 0) is 25.5 Å². The molecule has 0 N–H and O–H groups in total. The predicted octanol–water partition coefficient (Wildman–Crippen LogP) is 1.79. The number of hydrogen-bond acceptors (Lipinski definition) is 1. The lowest BCUT2D eigenvalue weighted by atomic mass is 10.2. The van der Waals surface area contributed by atoms with Crippen molar-refractivity contribution in [1.82, 2.24) is 0 Å². The first-order valence-electron chi connectivity index (χ1n) is 2.51. The van der Waals surface area contributed by atoms with E-state index in [1.807, 2.05) is 0 Å². The number of rotatable bonds is 2. The van der Waals surface area contributed by atoms with Crippen LogP contribution in [0.5, 0.6) is 0 Å². The van der Waals surface area contributed by atoms with Crippen LogP contribution in [-0.2, 0) is 4.79 Å². The van der Waals surface area contributed by atoms with Gasteiger partial charge in [-0.15, -0.1) is 0 Å². The first-order chi connectivity index (χ1) is 4.04. The van der Waals surface area contributed by atoms with Gasteiger partial charge < -0.3 is 0 Å². The topological polar surface area (TPSA) is 17.1 Å². The molecule has 0 aromatic rings. The van der Waals surface area contributed by atoms with Crippen LogP contribution in [0, 0.1) is 0 Å². The molecule has 0 fully saturated rings. The minimum Gasteiger partial charge on any atom is -0.295 e. The highest BCUT2D eigenvalue weighted by Crippen LogP contribution is 2.05. The maximum Gasteiger partial charge on any atom is 0.260 e. The molecule has 0 bridgehead atoms. The second kappa shape index (κ2) is 3.33. The molecular weight excluding hydrogens is 126 g/mol. The van der Waals surface area contributed by atoms with Crippen molar-refractivity contribution in [3.8, 4) is 0 Å². The zero-order valence-corrected chi connectivity index (χ0v) is 5.32. The lowest BCUT2D eigenvalue weighted by molar-refractivity contribution is -0.112. The minimum atomic E-state index is -2.51. The lowest BCUT2D eigenvalue weighted by Crippen LogP contribution is -1.94.